The molecule has 2 fully saturated rings. The number of carbonyl (C=O) groups excluding carboxylic acids is 2. The lowest BCUT2D eigenvalue weighted by Gasteiger charge is -2.35. The molecule has 2 aliphatic heterocycles. The highest BCUT2D eigenvalue weighted by atomic mass is 35.5. The van der Waals surface area contributed by atoms with Crippen LogP contribution in [-0.2, 0) is 16.1 Å². The molecular formula is C28H33Cl2N5O3. The van der Waals surface area contributed by atoms with Gasteiger partial charge in [-0.1, -0.05) is 35.3 Å². The Balaban J connectivity index is 1.30. The van der Waals surface area contributed by atoms with Crippen molar-refractivity contribution in [3.8, 4) is 0 Å². The third-order valence-corrected chi connectivity index (χ3v) is 8.39. The van der Waals surface area contributed by atoms with Crippen molar-refractivity contribution in [2.45, 2.75) is 37.8 Å². The van der Waals surface area contributed by atoms with Gasteiger partial charge in [-0.2, -0.15) is 0 Å². The van der Waals surface area contributed by atoms with Crippen LogP contribution in [0.2, 0.25) is 10.0 Å². The molecular weight excluding hydrogens is 525 g/mol. The summed E-state index contributed by atoms with van der Waals surface area (Å²) in [6, 6.07) is 12.5. The van der Waals surface area contributed by atoms with Crippen LogP contribution in [0.1, 0.15) is 41.4 Å². The van der Waals surface area contributed by atoms with E-state index in [0.29, 0.717) is 41.8 Å². The number of benzene rings is 2. The van der Waals surface area contributed by atoms with Gasteiger partial charge in [0, 0.05) is 64.0 Å². The first kappa shape index (κ1) is 26.9. The van der Waals surface area contributed by atoms with Gasteiger partial charge in [0.2, 0.25) is 5.91 Å². The van der Waals surface area contributed by atoms with E-state index in [2.05, 4.69) is 10.6 Å². The van der Waals surface area contributed by atoms with Crippen molar-refractivity contribution >= 4 is 46.0 Å². The molecule has 202 valence electrons. The van der Waals surface area contributed by atoms with Gasteiger partial charge in [-0.25, -0.2) is 4.98 Å². The summed E-state index contributed by atoms with van der Waals surface area (Å²) >= 11 is 12.1. The number of hydrogen-bond donors (Lipinski definition) is 1. The Kier molecular flexibility index (Phi) is 8.23. The van der Waals surface area contributed by atoms with Crippen LogP contribution in [0.5, 0.6) is 0 Å². The number of methoxy groups -OCH3 is 1. The minimum Gasteiger partial charge on any atom is -0.385 e. The van der Waals surface area contributed by atoms with E-state index in [1.807, 2.05) is 23.1 Å². The SMILES string of the molecule is COCCCn1c([C@@H]2CCCN(C(=O)[C@@H]3CN(C(=O)c4ccc(Cl)c(Cl)c4)C[C@H]3N)C2)nc2ccccc21. The number of amides is 2. The molecule has 0 radical (unpaired) electrons. The molecule has 0 bridgehead atoms. The molecule has 3 atom stereocenters. The highest BCUT2D eigenvalue weighted by Gasteiger charge is 2.41. The number of aromatic nitrogens is 2. The standard InChI is InChI=1S/C28H33Cl2N5O3/c1-38-13-5-12-35-25-8-3-2-7-24(25)32-26(35)19-6-4-11-33(15-19)28(37)20-16-34(17-23(20)31)27(36)18-9-10-21(29)22(30)14-18/h2-3,7-10,14,19-20,23H,4-6,11-13,15-17,31H2,1H3/t19-,20-,23-/m1/s1. The third-order valence-electron chi connectivity index (χ3n) is 7.65. The number of imidazole rings is 1. The highest BCUT2D eigenvalue weighted by molar-refractivity contribution is 6.42. The summed E-state index contributed by atoms with van der Waals surface area (Å²) in [6.45, 7) is 3.38. The minimum atomic E-state index is -0.444. The third kappa shape index (κ3) is 5.41. The van der Waals surface area contributed by atoms with E-state index in [1.165, 1.54) is 0 Å². The van der Waals surface area contributed by atoms with Crippen LogP contribution in [-0.4, -0.2) is 77.1 Å². The Morgan fingerprint density at radius 3 is 2.68 bits per heavy atom. The second-order valence-corrected chi connectivity index (χ2v) is 11.0. The van der Waals surface area contributed by atoms with Crippen LogP contribution in [0.4, 0.5) is 0 Å². The predicted octanol–water partition coefficient (Wildman–Crippen LogP) is 4.19. The van der Waals surface area contributed by atoms with Crippen molar-refractivity contribution in [3.05, 3.63) is 63.9 Å². The van der Waals surface area contributed by atoms with Crippen LogP contribution in [0.25, 0.3) is 11.0 Å². The molecule has 38 heavy (non-hydrogen) atoms. The fourth-order valence-corrected chi connectivity index (χ4v) is 6.00. The number of piperidine rings is 1. The van der Waals surface area contributed by atoms with E-state index < -0.39 is 12.0 Å². The van der Waals surface area contributed by atoms with E-state index >= 15 is 0 Å². The molecule has 10 heteroatoms. The van der Waals surface area contributed by atoms with Crippen LogP contribution < -0.4 is 5.73 Å². The van der Waals surface area contributed by atoms with Crippen LogP contribution >= 0.6 is 23.2 Å². The molecule has 5 rings (SSSR count). The van der Waals surface area contributed by atoms with Crippen molar-refractivity contribution in [3.63, 3.8) is 0 Å². The molecule has 2 amide bonds. The lowest BCUT2D eigenvalue weighted by Crippen LogP contribution is -2.47. The molecule has 0 saturated carbocycles. The molecule has 2 aliphatic rings. The summed E-state index contributed by atoms with van der Waals surface area (Å²) < 4.78 is 7.56. The molecule has 3 aromatic rings. The van der Waals surface area contributed by atoms with Gasteiger partial charge < -0.3 is 24.8 Å². The number of halogens is 2. The number of likely N-dealkylation sites (tertiary alicyclic amines) is 2. The zero-order valence-corrected chi connectivity index (χ0v) is 23.0. The summed E-state index contributed by atoms with van der Waals surface area (Å²) in [4.78, 5) is 35.3. The van der Waals surface area contributed by atoms with Crippen molar-refractivity contribution in [1.29, 1.82) is 0 Å². The second-order valence-electron chi connectivity index (χ2n) is 10.2. The maximum atomic E-state index is 13.7. The molecule has 8 nitrogen and oxygen atoms in total. The highest BCUT2D eigenvalue weighted by Crippen LogP contribution is 2.32. The number of hydrogen-bond acceptors (Lipinski definition) is 5. The quantitative estimate of drug-likeness (QED) is 0.439. The van der Waals surface area contributed by atoms with Gasteiger partial charge in [0.25, 0.3) is 5.91 Å². The molecule has 3 heterocycles. The van der Waals surface area contributed by atoms with Crippen LogP contribution in [0.15, 0.2) is 42.5 Å². The number of fused-ring (bicyclic) bond motifs is 1. The first-order chi connectivity index (χ1) is 18.4. The summed E-state index contributed by atoms with van der Waals surface area (Å²) in [5, 5.41) is 0.711. The smallest absolute Gasteiger partial charge is 0.253 e. The maximum Gasteiger partial charge on any atom is 0.253 e. The van der Waals surface area contributed by atoms with E-state index in [4.69, 9.17) is 38.7 Å². The van der Waals surface area contributed by atoms with Crippen LogP contribution in [0.3, 0.4) is 0 Å². The summed E-state index contributed by atoms with van der Waals surface area (Å²) in [5.74, 6) is 0.520. The van der Waals surface area contributed by atoms with Crippen molar-refractivity contribution in [1.82, 2.24) is 19.4 Å². The van der Waals surface area contributed by atoms with Crippen molar-refractivity contribution < 1.29 is 14.3 Å². The molecule has 2 saturated heterocycles. The number of rotatable bonds is 7. The van der Waals surface area contributed by atoms with E-state index in [0.717, 1.165) is 42.7 Å². The Hall–Kier alpha value is -2.65. The number of nitrogens with two attached hydrogens (primary N) is 1. The maximum absolute atomic E-state index is 13.7. The number of para-hydroxylation sites is 2. The lowest BCUT2D eigenvalue weighted by atomic mass is 9.94. The Morgan fingerprint density at radius 2 is 1.89 bits per heavy atom. The summed E-state index contributed by atoms with van der Waals surface area (Å²) in [5.41, 5.74) is 8.93. The minimum absolute atomic E-state index is 0.00804. The first-order valence-electron chi connectivity index (χ1n) is 13.1. The van der Waals surface area contributed by atoms with E-state index in [-0.39, 0.29) is 24.3 Å². The molecule has 2 aromatic carbocycles. The zero-order valence-electron chi connectivity index (χ0n) is 21.5. The molecule has 0 aliphatic carbocycles. The van der Waals surface area contributed by atoms with Gasteiger partial charge in [0.05, 0.1) is 27.0 Å². The van der Waals surface area contributed by atoms with Crippen molar-refractivity contribution in [2.24, 2.45) is 11.7 Å². The predicted molar refractivity (Wildman–Crippen MR) is 149 cm³/mol. The van der Waals surface area contributed by atoms with Gasteiger partial charge in [-0.3, -0.25) is 9.59 Å². The number of carbonyl (C=O) groups is 2. The number of nitrogens with zero attached hydrogens (tertiary/aromatic N) is 4. The Bertz CT molecular complexity index is 1330. The van der Waals surface area contributed by atoms with Gasteiger partial charge in [-0.15, -0.1) is 0 Å². The first-order valence-corrected chi connectivity index (χ1v) is 13.9. The fraction of sp³-hybridized carbons (Fsp3) is 0.464. The van der Waals surface area contributed by atoms with Gasteiger partial charge in [0.1, 0.15) is 5.82 Å². The van der Waals surface area contributed by atoms with Crippen molar-refractivity contribution in [2.75, 3.05) is 39.9 Å². The molecule has 1 aromatic heterocycles. The van der Waals surface area contributed by atoms with E-state index in [9.17, 15) is 9.59 Å². The number of aryl methyl sites for hydroxylation is 1. The fourth-order valence-electron chi connectivity index (χ4n) is 5.70. The zero-order chi connectivity index (χ0) is 26.8. The number of ether oxygens (including phenoxy) is 1. The lowest BCUT2D eigenvalue weighted by molar-refractivity contribution is -0.136. The van der Waals surface area contributed by atoms with Gasteiger partial charge in [-0.05, 0) is 49.6 Å². The second kappa shape index (κ2) is 11.6. The molecule has 2 N–H and O–H groups in total. The summed E-state index contributed by atoms with van der Waals surface area (Å²) in [6.07, 6.45) is 2.75. The van der Waals surface area contributed by atoms with Gasteiger partial charge >= 0.3 is 0 Å². The topological polar surface area (TPSA) is 93.7 Å². The average Bonchev–Trinajstić information content (AvgIpc) is 3.50. The molecule has 0 spiro atoms. The molecule has 0 unspecified atom stereocenters. The van der Waals surface area contributed by atoms with Crippen LogP contribution in [0, 0.1) is 5.92 Å². The Morgan fingerprint density at radius 1 is 1.08 bits per heavy atom. The van der Waals surface area contributed by atoms with Gasteiger partial charge in [0.15, 0.2) is 0 Å². The Labute approximate surface area is 232 Å². The van der Waals surface area contributed by atoms with E-state index in [1.54, 1.807) is 30.2 Å². The normalized spacial score (nSPS) is 21.8. The monoisotopic (exact) mass is 557 g/mol. The largest absolute Gasteiger partial charge is 0.385 e. The summed E-state index contributed by atoms with van der Waals surface area (Å²) in [7, 11) is 1.71. The average molecular weight is 559 g/mol.